The highest BCUT2D eigenvalue weighted by Crippen LogP contribution is 2.41. The van der Waals surface area contributed by atoms with Gasteiger partial charge in [0.1, 0.15) is 29.2 Å². The van der Waals surface area contributed by atoms with Crippen molar-refractivity contribution in [2.24, 2.45) is 10.8 Å². The smallest absolute Gasteiger partial charge is 0.132 e. The molecule has 0 heterocycles. The first kappa shape index (κ1) is 34.8. The van der Waals surface area contributed by atoms with E-state index in [0.717, 1.165) is 71.0 Å². The second-order valence-corrected chi connectivity index (χ2v) is 14.4. The number of benzene rings is 3. The van der Waals surface area contributed by atoms with Gasteiger partial charge in [0, 0.05) is 17.1 Å². The van der Waals surface area contributed by atoms with Gasteiger partial charge in [0.2, 0.25) is 0 Å². The van der Waals surface area contributed by atoms with Crippen LogP contribution in [0.2, 0.25) is 0 Å². The summed E-state index contributed by atoms with van der Waals surface area (Å²) in [6, 6.07) is 28.9. The zero-order valence-corrected chi connectivity index (χ0v) is 29.5. The summed E-state index contributed by atoms with van der Waals surface area (Å²) in [4.78, 5) is 2.22. The first-order valence-corrected chi connectivity index (χ1v) is 16.7. The Bertz CT molecular complexity index is 1860. The quantitative estimate of drug-likeness (QED) is 0.216. The summed E-state index contributed by atoms with van der Waals surface area (Å²) in [5, 5.41) is 18.8. The Morgan fingerprint density at radius 2 is 1.12 bits per heavy atom. The van der Waals surface area contributed by atoms with Crippen molar-refractivity contribution in [3.63, 3.8) is 0 Å². The Balaban J connectivity index is 1.36. The second kappa shape index (κ2) is 15.1. The van der Waals surface area contributed by atoms with Gasteiger partial charge in [-0.3, -0.25) is 0 Å². The lowest BCUT2D eigenvalue weighted by Gasteiger charge is -2.31. The zero-order chi connectivity index (χ0) is 35.0. The maximum atomic E-state index is 9.41. The molecule has 49 heavy (non-hydrogen) atoms. The summed E-state index contributed by atoms with van der Waals surface area (Å²) >= 11 is 0. The van der Waals surface area contributed by atoms with Crippen molar-refractivity contribution >= 4 is 23.1 Å². The SMILES string of the molecule is COc1ccc(N(c2ccc(/C=C/C3=CC(=C/C=C/C4=CC(=C(C#N)C#N)CC(C)(C)C4)/CC(C)(C)C3)cc2)c2ccc(OC)cc2)cc1. The molecule has 0 aliphatic heterocycles. The lowest BCUT2D eigenvalue weighted by atomic mass is 9.74. The van der Waals surface area contributed by atoms with Crippen LogP contribution in [-0.4, -0.2) is 14.2 Å². The number of hydrogen-bond acceptors (Lipinski definition) is 5. The van der Waals surface area contributed by atoms with E-state index in [0.29, 0.717) is 0 Å². The lowest BCUT2D eigenvalue weighted by Crippen LogP contribution is -2.17. The number of ether oxygens (including phenoxy) is 2. The molecule has 2 aliphatic rings. The molecule has 0 aromatic heterocycles. The van der Waals surface area contributed by atoms with Crippen molar-refractivity contribution in [1.29, 1.82) is 10.5 Å². The monoisotopic (exact) mass is 647 g/mol. The van der Waals surface area contributed by atoms with Gasteiger partial charge in [0.15, 0.2) is 0 Å². The van der Waals surface area contributed by atoms with Gasteiger partial charge >= 0.3 is 0 Å². The Morgan fingerprint density at radius 3 is 1.63 bits per heavy atom. The van der Waals surface area contributed by atoms with Crippen LogP contribution in [0.25, 0.3) is 6.08 Å². The van der Waals surface area contributed by atoms with Crippen molar-refractivity contribution in [1.82, 2.24) is 0 Å². The minimum absolute atomic E-state index is 0.00238. The normalized spacial score (nSPS) is 17.6. The van der Waals surface area contributed by atoms with Crippen molar-refractivity contribution in [2.45, 2.75) is 53.4 Å². The van der Waals surface area contributed by atoms with Gasteiger partial charge in [-0.2, -0.15) is 10.5 Å². The van der Waals surface area contributed by atoms with Gasteiger partial charge < -0.3 is 14.4 Å². The molecular weight excluding hydrogens is 603 g/mol. The number of rotatable bonds is 9. The minimum Gasteiger partial charge on any atom is -0.497 e. The number of allylic oxidation sites excluding steroid dienone is 11. The van der Waals surface area contributed by atoms with Crippen LogP contribution < -0.4 is 14.4 Å². The van der Waals surface area contributed by atoms with E-state index in [4.69, 9.17) is 9.47 Å². The van der Waals surface area contributed by atoms with Gasteiger partial charge in [-0.05, 0) is 125 Å². The van der Waals surface area contributed by atoms with E-state index in [1.807, 2.05) is 30.3 Å². The molecule has 0 bridgehead atoms. The molecule has 0 fully saturated rings. The topological polar surface area (TPSA) is 69.3 Å². The predicted octanol–water partition coefficient (Wildman–Crippen LogP) is 11.5. The second-order valence-electron chi connectivity index (χ2n) is 14.4. The molecule has 0 saturated heterocycles. The summed E-state index contributed by atoms with van der Waals surface area (Å²) in [5.41, 5.74) is 9.19. The van der Waals surface area contributed by atoms with Crippen LogP contribution in [0, 0.1) is 33.5 Å². The van der Waals surface area contributed by atoms with Crippen LogP contribution in [0.4, 0.5) is 17.1 Å². The van der Waals surface area contributed by atoms with Crippen molar-refractivity contribution < 1.29 is 9.47 Å². The van der Waals surface area contributed by atoms with E-state index in [-0.39, 0.29) is 16.4 Å². The highest BCUT2D eigenvalue weighted by Gasteiger charge is 2.27. The first-order chi connectivity index (χ1) is 23.5. The average Bonchev–Trinajstić information content (AvgIpc) is 3.08. The Kier molecular flexibility index (Phi) is 10.8. The summed E-state index contributed by atoms with van der Waals surface area (Å²) < 4.78 is 10.8. The van der Waals surface area contributed by atoms with Crippen molar-refractivity contribution in [3.05, 3.63) is 143 Å². The molecule has 0 N–H and O–H groups in total. The molecule has 5 nitrogen and oxygen atoms in total. The summed E-state index contributed by atoms with van der Waals surface area (Å²) in [6.45, 7) is 9.02. The fourth-order valence-electron chi connectivity index (χ4n) is 6.76. The largest absolute Gasteiger partial charge is 0.497 e. The minimum atomic E-state index is 0.00238. The maximum absolute atomic E-state index is 9.41. The molecule has 3 aromatic rings. The van der Waals surface area contributed by atoms with Crippen LogP contribution >= 0.6 is 0 Å². The molecule has 0 atom stereocenters. The average molecular weight is 648 g/mol. The molecule has 5 rings (SSSR count). The van der Waals surface area contributed by atoms with Gasteiger partial charge in [-0.25, -0.2) is 0 Å². The van der Waals surface area contributed by atoms with Crippen LogP contribution in [-0.2, 0) is 0 Å². The number of methoxy groups -OCH3 is 2. The molecule has 0 amide bonds. The van der Waals surface area contributed by atoms with Crippen LogP contribution in [0.1, 0.15) is 58.9 Å². The molecular formula is C44H45N3O2. The van der Waals surface area contributed by atoms with E-state index in [2.05, 4.69) is 130 Å². The fraction of sp³-hybridized carbons (Fsp3) is 0.273. The highest BCUT2D eigenvalue weighted by molar-refractivity contribution is 5.77. The molecule has 0 unspecified atom stereocenters. The van der Waals surface area contributed by atoms with Gasteiger partial charge in [-0.15, -0.1) is 0 Å². The van der Waals surface area contributed by atoms with Crippen molar-refractivity contribution in [2.75, 3.05) is 19.1 Å². The number of nitrogens with zero attached hydrogens (tertiary/aromatic N) is 3. The fourth-order valence-corrected chi connectivity index (χ4v) is 6.76. The third-order valence-corrected chi connectivity index (χ3v) is 8.92. The lowest BCUT2D eigenvalue weighted by molar-refractivity contribution is 0.354. The van der Waals surface area contributed by atoms with E-state index < -0.39 is 0 Å². The Hall–Kier alpha value is -5.52. The van der Waals surface area contributed by atoms with E-state index in [1.165, 1.54) is 11.1 Å². The molecule has 3 aromatic carbocycles. The zero-order valence-electron chi connectivity index (χ0n) is 29.5. The summed E-state index contributed by atoms with van der Waals surface area (Å²) in [5.74, 6) is 1.63. The standard InChI is InChI=1S/C44H45N3O2/c1-43(2)26-33(8-7-9-34-25-36(37(30-45)31-46)29-44(3,4)27-34)24-35(28-43)11-10-32-12-14-38(15-13-32)47(39-16-20-41(48-5)21-17-39)40-18-22-42(49-6)23-19-40/h7-25H,26-29H2,1-6H3/b9-7+,11-10+,33-8-. The van der Waals surface area contributed by atoms with Gasteiger partial charge in [0.05, 0.1) is 14.2 Å². The molecule has 5 heteroatoms. The third-order valence-electron chi connectivity index (χ3n) is 8.92. The van der Waals surface area contributed by atoms with Crippen molar-refractivity contribution in [3.8, 4) is 23.6 Å². The predicted molar refractivity (Wildman–Crippen MR) is 201 cm³/mol. The van der Waals surface area contributed by atoms with E-state index >= 15 is 0 Å². The molecule has 0 spiro atoms. The number of nitriles is 2. The summed E-state index contributed by atoms with van der Waals surface area (Å²) in [7, 11) is 3.36. The Morgan fingerprint density at radius 1 is 0.633 bits per heavy atom. The molecule has 2 aliphatic carbocycles. The molecule has 0 radical (unpaired) electrons. The van der Waals surface area contributed by atoms with Crippen LogP contribution in [0.5, 0.6) is 11.5 Å². The van der Waals surface area contributed by atoms with Gasteiger partial charge in [0.25, 0.3) is 0 Å². The molecule has 0 saturated carbocycles. The Labute approximate surface area is 292 Å². The molecule has 248 valence electrons. The van der Waals surface area contributed by atoms with Crippen LogP contribution in [0.15, 0.2) is 137 Å². The van der Waals surface area contributed by atoms with Crippen LogP contribution in [0.3, 0.4) is 0 Å². The van der Waals surface area contributed by atoms with E-state index in [1.54, 1.807) is 14.2 Å². The first-order valence-electron chi connectivity index (χ1n) is 16.7. The maximum Gasteiger partial charge on any atom is 0.132 e. The third kappa shape index (κ3) is 9.10. The number of anilines is 3. The van der Waals surface area contributed by atoms with Gasteiger partial charge in [-0.1, -0.05) is 82.4 Å². The summed E-state index contributed by atoms with van der Waals surface area (Å²) in [6.07, 6.45) is 18.9. The number of hydrogen-bond donors (Lipinski definition) is 0. The highest BCUT2D eigenvalue weighted by atomic mass is 16.5. The van der Waals surface area contributed by atoms with E-state index in [9.17, 15) is 10.5 Å².